The average molecular weight is 278 g/mol. The molecule has 0 fully saturated rings. The van der Waals surface area contributed by atoms with E-state index < -0.39 is 6.10 Å². The van der Waals surface area contributed by atoms with Gasteiger partial charge in [0.05, 0.1) is 0 Å². The number of aliphatic hydroxyl groups excluding tert-OH is 1. The molecular formula is C18H18N2O. The molecule has 106 valence electrons. The molecule has 1 atom stereocenters. The summed E-state index contributed by atoms with van der Waals surface area (Å²) in [5.74, 6) is 0. The topological polar surface area (TPSA) is 36.4 Å². The van der Waals surface area contributed by atoms with Crippen LogP contribution in [0, 0.1) is 0 Å². The SMILES string of the molecule is CN(C)c1cccc(C(O)c2cncc3ccccc23)c1. The van der Waals surface area contributed by atoms with Crippen molar-refractivity contribution in [1.29, 1.82) is 0 Å². The third-order valence-corrected chi connectivity index (χ3v) is 3.70. The average Bonchev–Trinajstić information content (AvgIpc) is 2.53. The molecule has 0 saturated carbocycles. The number of benzene rings is 2. The van der Waals surface area contributed by atoms with Crippen molar-refractivity contribution in [2.24, 2.45) is 0 Å². The van der Waals surface area contributed by atoms with Crippen LogP contribution < -0.4 is 4.90 Å². The van der Waals surface area contributed by atoms with Gasteiger partial charge in [0.1, 0.15) is 6.10 Å². The molecule has 3 heteroatoms. The first-order chi connectivity index (χ1) is 10.2. The van der Waals surface area contributed by atoms with E-state index >= 15 is 0 Å². The van der Waals surface area contributed by atoms with Gasteiger partial charge in [-0.25, -0.2) is 0 Å². The second-order valence-corrected chi connectivity index (χ2v) is 5.34. The summed E-state index contributed by atoms with van der Waals surface area (Å²) in [5.41, 5.74) is 2.78. The van der Waals surface area contributed by atoms with Gasteiger partial charge in [0, 0.05) is 43.1 Å². The fourth-order valence-electron chi connectivity index (χ4n) is 2.51. The van der Waals surface area contributed by atoms with Gasteiger partial charge in [-0.3, -0.25) is 4.98 Å². The second-order valence-electron chi connectivity index (χ2n) is 5.34. The van der Waals surface area contributed by atoms with Crippen LogP contribution >= 0.6 is 0 Å². The summed E-state index contributed by atoms with van der Waals surface area (Å²) < 4.78 is 0. The van der Waals surface area contributed by atoms with Gasteiger partial charge in [-0.1, -0.05) is 36.4 Å². The number of aliphatic hydroxyl groups is 1. The predicted octanol–water partition coefficient (Wildman–Crippen LogP) is 3.38. The molecule has 2 aromatic carbocycles. The molecule has 21 heavy (non-hydrogen) atoms. The van der Waals surface area contributed by atoms with Crippen molar-refractivity contribution >= 4 is 16.5 Å². The number of pyridine rings is 1. The lowest BCUT2D eigenvalue weighted by molar-refractivity contribution is 0.221. The van der Waals surface area contributed by atoms with Crippen LogP contribution in [0.1, 0.15) is 17.2 Å². The van der Waals surface area contributed by atoms with Crippen LogP contribution in [0.3, 0.4) is 0 Å². The highest BCUT2D eigenvalue weighted by Crippen LogP contribution is 2.29. The first kappa shape index (κ1) is 13.6. The molecule has 0 aliphatic rings. The molecule has 0 bridgehead atoms. The molecule has 1 unspecified atom stereocenters. The maximum Gasteiger partial charge on any atom is 0.106 e. The van der Waals surface area contributed by atoms with Gasteiger partial charge in [-0.05, 0) is 23.1 Å². The Hall–Kier alpha value is -2.39. The summed E-state index contributed by atoms with van der Waals surface area (Å²) in [4.78, 5) is 6.27. The maximum absolute atomic E-state index is 10.7. The summed E-state index contributed by atoms with van der Waals surface area (Å²) >= 11 is 0. The number of fused-ring (bicyclic) bond motifs is 1. The lowest BCUT2D eigenvalue weighted by atomic mass is 9.98. The van der Waals surface area contributed by atoms with E-state index in [0.29, 0.717) is 0 Å². The molecule has 3 rings (SSSR count). The van der Waals surface area contributed by atoms with Gasteiger partial charge in [-0.2, -0.15) is 0 Å². The second kappa shape index (κ2) is 5.54. The number of hydrogen-bond donors (Lipinski definition) is 1. The van der Waals surface area contributed by atoms with Crippen LogP contribution in [0.4, 0.5) is 5.69 Å². The van der Waals surface area contributed by atoms with Crippen molar-refractivity contribution in [2.45, 2.75) is 6.10 Å². The maximum atomic E-state index is 10.7. The molecule has 0 saturated heterocycles. The number of rotatable bonds is 3. The molecule has 0 spiro atoms. The molecule has 3 nitrogen and oxygen atoms in total. The number of anilines is 1. The lowest BCUT2D eigenvalue weighted by Crippen LogP contribution is -2.09. The van der Waals surface area contributed by atoms with E-state index in [1.807, 2.05) is 73.7 Å². The van der Waals surface area contributed by atoms with Crippen LogP contribution in [0.15, 0.2) is 60.9 Å². The van der Waals surface area contributed by atoms with Gasteiger partial charge < -0.3 is 10.0 Å². The first-order valence-electron chi connectivity index (χ1n) is 6.95. The number of aromatic nitrogens is 1. The Balaban J connectivity index is 2.08. The Morgan fingerprint density at radius 3 is 2.62 bits per heavy atom. The summed E-state index contributed by atoms with van der Waals surface area (Å²) in [7, 11) is 3.98. The van der Waals surface area contributed by atoms with Gasteiger partial charge >= 0.3 is 0 Å². The fraction of sp³-hybridized carbons (Fsp3) is 0.167. The minimum atomic E-state index is -0.677. The van der Waals surface area contributed by atoms with Gasteiger partial charge in [0.25, 0.3) is 0 Å². The quantitative estimate of drug-likeness (QED) is 0.798. The van der Waals surface area contributed by atoms with Crippen molar-refractivity contribution < 1.29 is 5.11 Å². The molecular weight excluding hydrogens is 260 g/mol. The van der Waals surface area contributed by atoms with E-state index in [4.69, 9.17) is 0 Å². The summed E-state index contributed by atoms with van der Waals surface area (Å²) in [6.45, 7) is 0. The van der Waals surface area contributed by atoms with E-state index in [0.717, 1.165) is 27.6 Å². The summed E-state index contributed by atoms with van der Waals surface area (Å²) in [6, 6.07) is 15.9. The zero-order valence-corrected chi connectivity index (χ0v) is 12.2. The van der Waals surface area contributed by atoms with Crippen molar-refractivity contribution in [1.82, 2.24) is 4.98 Å². The summed E-state index contributed by atoms with van der Waals surface area (Å²) in [5, 5.41) is 12.8. The van der Waals surface area contributed by atoms with E-state index in [9.17, 15) is 5.11 Å². The highest BCUT2D eigenvalue weighted by molar-refractivity contribution is 5.85. The van der Waals surface area contributed by atoms with Crippen molar-refractivity contribution in [3.8, 4) is 0 Å². The molecule has 0 radical (unpaired) electrons. The predicted molar refractivity (Wildman–Crippen MR) is 86.6 cm³/mol. The smallest absolute Gasteiger partial charge is 0.106 e. The zero-order valence-electron chi connectivity index (χ0n) is 12.2. The lowest BCUT2D eigenvalue weighted by Gasteiger charge is -2.17. The Labute approximate surface area is 124 Å². The Kier molecular flexibility index (Phi) is 3.59. The minimum Gasteiger partial charge on any atom is -0.384 e. The van der Waals surface area contributed by atoms with Crippen LogP contribution in [0.2, 0.25) is 0 Å². The third-order valence-electron chi connectivity index (χ3n) is 3.70. The van der Waals surface area contributed by atoms with Gasteiger partial charge in [0.15, 0.2) is 0 Å². The largest absolute Gasteiger partial charge is 0.384 e. The van der Waals surface area contributed by atoms with Crippen molar-refractivity contribution in [3.63, 3.8) is 0 Å². The Morgan fingerprint density at radius 2 is 1.81 bits per heavy atom. The normalized spacial score (nSPS) is 12.3. The number of nitrogens with zero attached hydrogens (tertiary/aromatic N) is 2. The minimum absolute atomic E-state index is 0.677. The highest BCUT2D eigenvalue weighted by atomic mass is 16.3. The first-order valence-corrected chi connectivity index (χ1v) is 6.95. The van der Waals surface area contributed by atoms with Crippen LogP contribution in [0.5, 0.6) is 0 Å². The Morgan fingerprint density at radius 1 is 1.00 bits per heavy atom. The molecule has 0 aliphatic carbocycles. The van der Waals surface area contributed by atoms with E-state index in [-0.39, 0.29) is 0 Å². The van der Waals surface area contributed by atoms with Crippen LogP contribution in [-0.4, -0.2) is 24.2 Å². The standard InChI is InChI=1S/C18H18N2O/c1-20(2)15-8-5-7-13(10-15)18(21)17-12-19-11-14-6-3-4-9-16(14)17/h3-12,18,21H,1-2H3. The molecule has 1 heterocycles. The van der Waals surface area contributed by atoms with Gasteiger partial charge in [0.2, 0.25) is 0 Å². The number of hydrogen-bond acceptors (Lipinski definition) is 3. The van der Waals surface area contributed by atoms with Crippen LogP contribution in [-0.2, 0) is 0 Å². The van der Waals surface area contributed by atoms with Crippen molar-refractivity contribution in [3.05, 3.63) is 72.1 Å². The van der Waals surface area contributed by atoms with Gasteiger partial charge in [-0.15, -0.1) is 0 Å². The molecule has 0 aliphatic heterocycles. The molecule has 3 aromatic rings. The van der Waals surface area contributed by atoms with Crippen molar-refractivity contribution in [2.75, 3.05) is 19.0 Å². The van der Waals surface area contributed by atoms with Crippen LogP contribution in [0.25, 0.3) is 10.8 Å². The van der Waals surface area contributed by atoms with E-state index in [1.165, 1.54) is 0 Å². The van der Waals surface area contributed by atoms with E-state index in [2.05, 4.69) is 4.98 Å². The highest BCUT2D eigenvalue weighted by Gasteiger charge is 2.14. The molecule has 0 amide bonds. The summed E-state index contributed by atoms with van der Waals surface area (Å²) in [6.07, 6.45) is 2.89. The molecule has 1 N–H and O–H groups in total. The van der Waals surface area contributed by atoms with E-state index in [1.54, 1.807) is 6.20 Å². The zero-order chi connectivity index (χ0) is 14.8. The third kappa shape index (κ3) is 2.60. The molecule has 1 aromatic heterocycles. The Bertz CT molecular complexity index is 763. The fourth-order valence-corrected chi connectivity index (χ4v) is 2.51. The monoisotopic (exact) mass is 278 g/mol.